The standard InChI is InChI=1S/C40H68N12O20/c53-29(41-1-5-49(21-33(57)58)22-34(59)60)17-45-9-11-46(18-30(54)42-2-6-50(23-35(61)62)24-36(63)64)13-15-48(20-32(56)44-4-8-52(27-39(69)70)28-40(71)72)16-14-47(12-10-45)19-31(55)43-3-7-51(25-37(65)66)26-38(67)68/h1-28H2,(H,41,53)(H,42,54)(H,43,55)(H,44,56)(H,57,58)(H,59,60)(H,61,62)(H,63,64)(H,65,66)(H,67,68)(H,69,70)(H,71,72). The molecule has 12 N–H and O–H groups in total. The van der Waals surface area contributed by atoms with Gasteiger partial charge in [-0.25, -0.2) is 0 Å². The van der Waals surface area contributed by atoms with E-state index in [1.165, 1.54) is 0 Å². The lowest BCUT2D eigenvalue weighted by atomic mass is 10.3. The van der Waals surface area contributed by atoms with Gasteiger partial charge in [-0.3, -0.25) is 96.7 Å². The Hall–Kier alpha value is -6.68. The molecule has 0 unspecified atom stereocenters. The van der Waals surface area contributed by atoms with Crippen LogP contribution in [0.4, 0.5) is 0 Å². The highest BCUT2D eigenvalue weighted by atomic mass is 16.4. The number of carbonyl (C=O) groups excluding carboxylic acids is 4. The number of hydrogen-bond acceptors (Lipinski definition) is 20. The zero-order chi connectivity index (χ0) is 54.2. The molecule has 32 nitrogen and oxygen atoms in total. The van der Waals surface area contributed by atoms with Crippen molar-refractivity contribution in [1.29, 1.82) is 0 Å². The molecule has 0 radical (unpaired) electrons. The summed E-state index contributed by atoms with van der Waals surface area (Å²) >= 11 is 0. The largest absolute Gasteiger partial charge is 0.480 e. The fourth-order valence-corrected chi connectivity index (χ4v) is 7.05. The van der Waals surface area contributed by atoms with Crippen LogP contribution in [0.2, 0.25) is 0 Å². The van der Waals surface area contributed by atoms with Crippen LogP contribution in [0.3, 0.4) is 0 Å². The SMILES string of the molecule is O=C(O)CN(CCNC(=O)CN1CCN(CC(=O)NCCN(CC(=O)O)CC(=O)O)CCN(CC(=O)NCCN(CC(=O)O)CC(=O)O)CCN(CC(=O)NCCN(CC(=O)O)CC(=O)O)CC1)CC(=O)O. The van der Waals surface area contributed by atoms with E-state index in [0.717, 1.165) is 19.6 Å². The summed E-state index contributed by atoms with van der Waals surface area (Å²) in [6.45, 7) is -5.87. The molecule has 1 aliphatic rings. The van der Waals surface area contributed by atoms with Crippen LogP contribution in [-0.2, 0) is 57.5 Å². The van der Waals surface area contributed by atoms with Crippen LogP contribution in [0.5, 0.6) is 0 Å². The number of nitrogens with zero attached hydrogens (tertiary/aromatic N) is 8. The van der Waals surface area contributed by atoms with Crippen molar-refractivity contribution in [2.75, 3.05) is 183 Å². The molecule has 72 heavy (non-hydrogen) atoms. The lowest BCUT2D eigenvalue weighted by Crippen LogP contribution is -2.52. The van der Waals surface area contributed by atoms with Gasteiger partial charge in [0.2, 0.25) is 23.6 Å². The van der Waals surface area contributed by atoms with Crippen LogP contribution in [0.1, 0.15) is 0 Å². The molecule has 1 aliphatic heterocycles. The van der Waals surface area contributed by atoms with E-state index in [0.29, 0.717) is 0 Å². The maximum atomic E-state index is 13.3. The normalized spacial score (nSPS) is 14.5. The van der Waals surface area contributed by atoms with Gasteiger partial charge in [0, 0.05) is 105 Å². The van der Waals surface area contributed by atoms with Crippen molar-refractivity contribution in [2.45, 2.75) is 0 Å². The first-order chi connectivity index (χ1) is 33.9. The highest BCUT2D eigenvalue weighted by molar-refractivity contribution is 5.80. The van der Waals surface area contributed by atoms with Gasteiger partial charge in [-0.1, -0.05) is 0 Å². The molecule has 1 heterocycles. The number of carboxylic acid groups (broad SMARTS) is 8. The van der Waals surface area contributed by atoms with Gasteiger partial charge in [-0.2, -0.15) is 0 Å². The summed E-state index contributed by atoms with van der Waals surface area (Å²) in [7, 11) is 0. The minimum absolute atomic E-state index is 0.114. The lowest BCUT2D eigenvalue weighted by Gasteiger charge is -2.33. The Kier molecular flexibility index (Phi) is 31.2. The average Bonchev–Trinajstić information content (AvgIpc) is 3.22. The van der Waals surface area contributed by atoms with Crippen molar-refractivity contribution in [2.24, 2.45) is 0 Å². The molecule has 0 aromatic heterocycles. The van der Waals surface area contributed by atoms with Crippen LogP contribution >= 0.6 is 0 Å². The molecule has 0 spiro atoms. The average molecular weight is 1040 g/mol. The highest BCUT2D eigenvalue weighted by Crippen LogP contribution is 2.03. The minimum atomic E-state index is -1.28. The molecule has 32 heteroatoms. The number of carbonyl (C=O) groups is 12. The lowest BCUT2D eigenvalue weighted by molar-refractivity contribution is -0.143. The Balaban J connectivity index is 3.40. The van der Waals surface area contributed by atoms with Gasteiger partial charge in [0.15, 0.2) is 0 Å². The van der Waals surface area contributed by atoms with Crippen LogP contribution in [0, 0.1) is 0 Å². The zero-order valence-corrected chi connectivity index (χ0v) is 39.9. The zero-order valence-electron chi connectivity index (χ0n) is 39.9. The first-order valence-corrected chi connectivity index (χ1v) is 22.5. The summed E-state index contributed by atoms with van der Waals surface area (Å²) in [5, 5.41) is 83.9. The Morgan fingerprint density at radius 1 is 0.278 bits per heavy atom. The van der Waals surface area contributed by atoms with Crippen LogP contribution in [0.25, 0.3) is 0 Å². The number of aliphatic carboxylic acids is 8. The Morgan fingerprint density at radius 3 is 0.542 bits per heavy atom. The Labute approximate surface area is 413 Å². The second kappa shape index (κ2) is 35.4. The topological polar surface area (TPSA) is 441 Å². The van der Waals surface area contributed by atoms with E-state index in [4.69, 9.17) is 0 Å². The second-order valence-corrected chi connectivity index (χ2v) is 16.5. The first-order valence-electron chi connectivity index (χ1n) is 22.5. The maximum Gasteiger partial charge on any atom is 0.317 e. The monoisotopic (exact) mass is 1040 g/mol. The molecule has 4 amide bonds. The fraction of sp³-hybridized carbons (Fsp3) is 0.700. The van der Waals surface area contributed by atoms with Gasteiger partial charge in [0.1, 0.15) is 0 Å². The van der Waals surface area contributed by atoms with Gasteiger partial charge in [-0.05, 0) is 0 Å². The first kappa shape index (κ1) is 63.3. The molecule has 1 saturated heterocycles. The predicted molar refractivity (Wildman–Crippen MR) is 245 cm³/mol. The smallest absolute Gasteiger partial charge is 0.317 e. The highest BCUT2D eigenvalue weighted by Gasteiger charge is 2.24. The molecular formula is C40H68N12O20. The van der Waals surface area contributed by atoms with Crippen LogP contribution in [0.15, 0.2) is 0 Å². The number of nitrogens with one attached hydrogen (secondary N) is 4. The van der Waals surface area contributed by atoms with Crippen molar-refractivity contribution in [3.05, 3.63) is 0 Å². The summed E-state index contributed by atoms with van der Waals surface area (Å²) in [4.78, 5) is 154. The fourth-order valence-electron chi connectivity index (χ4n) is 7.05. The molecule has 408 valence electrons. The molecule has 0 bridgehead atoms. The molecule has 1 rings (SSSR count). The van der Waals surface area contributed by atoms with Gasteiger partial charge in [-0.15, -0.1) is 0 Å². The van der Waals surface area contributed by atoms with Crippen molar-refractivity contribution in [3.8, 4) is 0 Å². The summed E-state index contributed by atoms with van der Waals surface area (Å²) in [6, 6.07) is 0. The summed E-state index contributed by atoms with van der Waals surface area (Å²) in [5.41, 5.74) is 0. The van der Waals surface area contributed by atoms with Gasteiger partial charge < -0.3 is 62.1 Å². The second-order valence-electron chi connectivity index (χ2n) is 16.5. The van der Waals surface area contributed by atoms with Gasteiger partial charge in [0.25, 0.3) is 0 Å². The number of amides is 4. The van der Waals surface area contributed by atoms with E-state index >= 15 is 0 Å². The number of rotatable bonds is 36. The van der Waals surface area contributed by atoms with Crippen LogP contribution in [-0.4, -0.2) is 335 Å². The molecule has 0 aliphatic carbocycles. The Morgan fingerprint density at radius 2 is 0.417 bits per heavy atom. The van der Waals surface area contributed by atoms with Gasteiger partial charge in [0.05, 0.1) is 78.5 Å². The van der Waals surface area contributed by atoms with Crippen molar-refractivity contribution >= 4 is 71.4 Å². The predicted octanol–water partition coefficient (Wildman–Crippen LogP) is -8.44. The van der Waals surface area contributed by atoms with Crippen LogP contribution < -0.4 is 21.3 Å². The van der Waals surface area contributed by atoms with E-state index in [9.17, 15) is 98.4 Å². The van der Waals surface area contributed by atoms with E-state index in [1.54, 1.807) is 19.6 Å². The van der Waals surface area contributed by atoms with Crippen molar-refractivity contribution < 1.29 is 98.4 Å². The third-order valence-corrected chi connectivity index (χ3v) is 10.3. The third-order valence-electron chi connectivity index (χ3n) is 10.3. The minimum Gasteiger partial charge on any atom is -0.480 e. The molecule has 0 saturated carbocycles. The molecule has 0 aromatic carbocycles. The maximum absolute atomic E-state index is 13.3. The van der Waals surface area contributed by atoms with E-state index in [2.05, 4.69) is 21.3 Å². The number of carboxylic acids is 8. The summed E-state index contributed by atoms with van der Waals surface area (Å²) in [5.74, 6) is -12.4. The Bertz CT molecular complexity index is 1510. The van der Waals surface area contributed by atoms with E-state index in [1.807, 2.05) is 0 Å². The van der Waals surface area contributed by atoms with Gasteiger partial charge >= 0.3 is 47.8 Å². The van der Waals surface area contributed by atoms with Crippen molar-refractivity contribution in [3.63, 3.8) is 0 Å². The third kappa shape index (κ3) is 33.8. The summed E-state index contributed by atoms with van der Waals surface area (Å²) in [6.07, 6.45) is 0. The molecule has 1 fully saturated rings. The molecular weight excluding hydrogens is 969 g/mol. The van der Waals surface area contributed by atoms with E-state index < -0.39 is 124 Å². The quantitative estimate of drug-likeness (QED) is 0.0277. The summed E-state index contributed by atoms with van der Waals surface area (Å²) < 4.78 is 0. The van der Waals surface area contributed by atoms with E-state index in [-0.39, 0.29) is 131 Å². The molecule has 0 atom stereocenters. The number of hydrogen-bond donors (Lipinski definition) is 12. The molecule has 0 aromatic rings. The van der Waals surface area contributed by atoms with Crippen molar-refractivity contribution in [1.82, 2.24) is 60.5 Å².